The summed E-state index contributed by atoms with van der Waals surface area (Å²) in [7, 11) is -1.77. The van der Waals surface area contributed by atoms with Crippen molar-refractivity contribution in [3.8, 4) is 5.82 Å². The minimum atomic E-state index is -4.98. The third kappa shape index (κ3) is 3.61. The van der Waals surface area contributed by atoms with E-state index in [0.29, 0.717) is 0 Å². The van der Waals surface area contributed by atoms with Crippen LogP contribution in [-0.4, -0.2) is 44.2 Å². The summed E-state index contributed by atoms with van der Waals surface area (Å²) in [6.07, 6.45) is 1.04. The summed E-state index contributed by atoms with van der Waals surface area (Å²) in [6, 6.07) is 0. The average Bonchev–Trinajstić information content (AvgIpc) is 3.10. The Morgan fingerprint density at radius 1 is 1.07 bits per heavy atom. The smallest absolute Gasteiger partial charge is 0.398 e. The van der Waals surface area contributed by atoms with Crippen LogP contribution in [0.3, 0.4) is 0 Å². The zero-order valence-electron chi connectivity index (χ0n) is 15.1. The Morgan fingerprint density at radius 2 is 1.70 bits per heavy atom. The van der Waals surface area contributed by atoms with Gasteiger partial charge in [-0.2, -0.15) is 18.3 Å². The highest BCUT2D eigenvalue weighted by molar-refractivity contribution is 6.55. The lowest BCUT2D eigenvalue weighted by molar-refractivity contribution is -0.0699. The molecule has 1 aliphatic heterocycles. The number of aromatic nitrogens is 4. The van der Waals surface area contributed by atoms with Crippen molar-refractivity contribution in [3.63, 3.8) is 0 Å². The van der Waals surface area contributed by atoms with Crippen LogP contribution in [0.1, 0.15) is 33.3 Å². The molecule has 1 fully saturated rings. The Morgan fingerprint density at radius 3 is 2.22 bits per heavy atom. The molecule has 3 rings (SSSR count). The van der Waals surface area contributed by atoms with Crippen molar-refractivity contribution in [2.75, 3.05) is 0 Å². The van der Waals surface area contributed by atoms with Crippen LogP contribution in [0.25, 0.3) is 11.4 Å². The fourth-order valence-electron chi connectivity index (χ4n) is 2.49. The molecular weight excluding hydrogens is 367 g/mol. The summed E-state index contributed by atoms with van der Waals surface area (Å²) in [5.41, 5.74) is -5.48. The van der Waals surface area contributed by atoms with Gasteiger partial charge >= 0.3 is 13.3 Å². The first-order chi connectivity index (χ1) is 12.4. The van der Waals surface area contributed by atoms with Crippen LogP contribution >= 0.6 is 0 Å². The van der Waals surface area contributed by atoms with Crippen LogP contribution in [0.5, 0.6) is 0 Å². The zero-order valence-corrected chi connectivity index (χ0v) is 15.1. The second-order valence-electron chi connectivity index (χ2n) is 7.05. The van der Waals surface area contributed by atoms with Crippen molar-refractivity contribution >= 4 is 12.7 Å². The third-order valence-corrected chi connectivity index (χ3v) is 4.64. The minimum absolute atomic E-state index is 0.196. The van der Waals surface area contributed by atoms with Crippen LogP contribution in [0.15, 0.2) is 36.7 Å². The van der Waals surface area contributed by atoms with E-state index in [-0.39, 0.29) is 5.82 Å². The van der Waals surface area contributed by atoms with E-state index in [4.69, 9.17) is 9.31 Å². The first-order valence-corrected chi connectivity index (χ1v) is 8.06. The number of hydrogen-bond acceptors (Lipinski definition) is 5. The van der Waals surface area contributed by atoms with Crippen LogP contribution < -0.4 is 0 Å². The van der Waals surface area contributed by atoms with Crippen molar-refractivity contribution < 1.29 is 26.9 Å². The number of rotatable bonds is 3. The van der Waals surface area contributed by atoms with E-state index in [1.165, 1.54) is 18.6 Å². The minimum Gasteiger partial charge on any atom is -0.398 e. The Hall–Kier alpha value is -2.27. The molecule has 0 bridgehead atoms. The first-order valence-electron chi connectivity index (χ1n) is 8.06. The highest BCUT2D eigenvalue weighted by atomic mass is 19.4. The van der Waals surface area contributed by atoms with Crippen LogP contribution in [-0.2, 0) is 9.31 Å². The van der Waals surface area contributed by atoms with Gasteiger partial charge in [-0.25, -0.2) is 14.1 Å². The highest BCUT2D eigenvalue weighted by Crippen LogP contribution is 2.43. The predicted octanol–water partition coefficient (Wildman–Crippen LogP) is 3.54. The van der Waals surface area contributed by atoms with E-state index in [1.807, 2.05) is 0 Å². The molecule has 0 N–H and O–H groups in total. The Balaban J connectivity index is 2.03. The first kappa shape index (κ1) is 19.5. The fourth-order valence-corrected chi connectivity index (χ4v) is 2.49. The summed E-state index contributed by atoms with van der Waals surface area (Å²) in [5, 5.41) is 3.82. The van der Waals surface area contributed by atoms with Crippen molar-refractivity contribution in [3.05, 3.63) is 42.3 Å². The number of halogens is 4. The second-order valence-corrected chi connectivity index (χ2v) is 7.05. The standard InChI is InChI=1S/C16H17BF4N4O2/c1-14(2)15(3,4)27-17(26-14)13(18)12(16(19,20)21)10-7-24-25(9-10)11-8-22-5-6-23-11/h5-9H,1-4H3. The van der Waals surface area contributed by atoms with Gasteiger partial charge in [-0.3, -0.25) is 4.98 Å². The lowest BCUT2D eigenvalue weighted by atomic mass is 9.83. The van der Waals surface area contributed by atoms with Gasteiger partial charge in [0, 0.05) is 24.2 Å². The van der Waals surface area contributed by atoms with Gasteiger partial charge in [0.1, 0.15) is 5.73 Å². The Kier molecular flexibility index (Phi) is 4.63. The quantitative estimate of drug-likeness (QED) is 0.599. The van der Waals surface area contributed by atoms with E-state index in [9.17, 15) is 17.6 Å². The molecule has 2 aromatic heterocycles. The molecule has 27 heavy (non-hydrogen) atoms. The molecule has 0 spiro atoms. The number of allylic oxidation sites excluding steroid dienone is 1. The molecule has 6 nitrogen and oxygen atoms in total. The van der Waals surface area contributed by atoms with Gasteiger partial charge in [0.15, 0.2) is 5.82 Å². The fraction of sp³-hybridized carbons (Fsp3) is 0.438. The molecule has 1 aliphatic rings. The summed E-state index contributed by atoms with van der Waals surface area (Å²) in [4.78, 5) is 7.76. The second kappa shape index (κ2) is 6.41. The molecule has 0 aliphatic carbocycles. The van der Waals surface area contributed by atoms with Gasteiger partial charge in [-0.1, -0.05) is 0 Å². The van der Waals surface area contributed by atoms with Crippen LogP contribution in [0, 0.1) is 0 Å². The van der Waals surface area contributed by atoms with Crippen molar-refractivity contribution in [1.29, 1.82) is 0 Å². The summed E-state index contributed by atoms with van der Waals surface area (Å²) in [6.45, 7) is 6.50. The van der Waals surface area contributed by atoms with Gasteiger partial charge < -0.3 is 9.31 Å². The van der Waals surface area contributed by atoms with E-state index in [2.05, 4.69) is 15.1 Å². The molecule has 0 atom stereocenters. The molecule has 1 saturated heterocycles. The van der Waals surface area contributed by atoms with E-state index >= 15 is 0 Å². The molecule has 11 heteroatoms. The summed E-state index contributed by atoms with van der Waals surface area (Å²) < 4.78 is 67.7. The van der Waals surface area contributed by atoms with Crippen molar-refractivity contribution in [2.24, 2.45) is 0 Å². The normalized spacial score (nSPS) is 19.9. The summed E-state index contributed by atoms with van der Waals surface area (Å²) in [5.74, 6) is 0.196. The topological polar surface area (TPSA) is 62.1 Å². The third-order valence-electron chi connectivity index (χ3n) is 4.64. The molecular formula is C16H17BF4N4O2. The molecule has 0 unspecified atom stereocenters. The molecule has 0 saturated carbocycles. The van der Waals surface area contributed by atoms with Crippen molar-refractivity contribution in [1.82, 2.24) is 19.7 Å². The predicted molar refractivity (Wildman–Crippen MR) is 89.3 cm³/mol. The van der Waals surface area contributed by atoms with E-state index in [0.717, 1.165) is 17.1 Å². The SMILES string of the molecule is CC1(C)OB(C(F)=C(c2cnn(-c3cnccn3)c2)C(F)(F)F)OC1(C)C. The Bertz CT molecular complexity index is 849. The highest BCUT2D eigenvalue weighted by Gasteiger charge is 2.55. The molecule has 2 aromatic rings. The molecule has 144 valence electrons. The number of alkyl halides is 3. The van der Waals surface area contributed by atoms with E-state index < -0.39 is 41.4 Å². The monoisotopic (exact) mass is 384 g/mol. The van der Waals surface area contributed by atoms with Crippen molar-refractivity contribution in [2.45, 2.75) is 45.1 Å². The van der Waals surface area contributed by atoms with Gasteiger partial charge in [0.05, 0.1) is 29.2 Å². The molecule has 3 heterocycles. The Labute approximate surface area is 153 Å². The van der Waals surface area contributed by atoms with Crippen LogP contribution in [0.2, 0.25) is 0 Å². The van der Waals surface area contributed by atoms with E-state index in [1.54, 1.807) is 27.7 Å². The maximum Gasteiger partial charge on any atom is 0.525 e. The van der Waals surface area contributed by atoms with Crippen LogP contribution in [0.4, 0.5) is 17.6 Å². The lowest BCUT2D eigenvalue weighted by Gasteiger charge is -2.32. The van der Waals surface area contributed by atoms with Gasteiger partial charge in [0.2, 0.25) is 0 Å². The largest absolute Gasteiger partial charge is 0.525 e. The lowest BCUT2D eigenvalue weighted by Crippen LogP contribution is -2.41. The van der Waals surface area contributed by atoms with Gasteiger partial charge in [-0.05, 0) is 27.7 Å². The molecule has 0 amide bonds. The maximum atomic E-state index is 14.9. The number of nitrogens with zero attached hydrogens (tertiary/aromatic N) is 4. The van der Waals surface area contributed by atoms with Gasteiger partial charge in [-0.15, -0.1) is 0 Å². The zero-order chi connectivity index (χ0) is 20.0. The molecule has 0 aromatic carbocycles. The molecule has 0 radical (unpaired) electrons. The number of hydrogen-bond donors (Lipinski definition) is 0. The summed E-state index contributed by atoms with van der Waals surface area (Å²) >= 11 is 0. The maximum absolute atomic E-state index is 14.9. The average molecular weight is 384 g/mol. The van der Waals surface area contributed by atoms with Gasteiger partial charge in [0.25, 0.3) is 0 Å².